The fourth-order valence-corrected chi connectivity index (χ4v) is 3.46. The van der Waals surface area contributed by atoms with Crippen LogP contribution in [0.25, 0.3) is 0 Å². The van der Waals surface area contributed by atoms with Gasteiger partial charge in [-0.1, -0.05) is 12.5 Å². The molecule has 3 rings (SSSR count). The van der Waals surface area contributed by atoms with Gasteiger partial charge in [-0.2, -0.15) is 0 Å². The highest BCUT2D eigenvalue weighted by molar-refractivity contribution is 7.99. The van der Waals surface area contributed by atoms with Crippen LogP contribution >= 0.6 is 11.8 Å². The molecule has 2 N–H and O–H groups in total. The topological polar surface area (TPSA) is 69.6 Å². The predicted molar refractivity (Wildman–Crippen MR) is 78.6 cm³/mol. The van der Waals surface area contributed by atoms with Crippen molar-refractivity contribution in [1.82, 2.24) is 19.7 Å². The Hall–Kier alpha value is -1.40. The van der Waals surface area contributed by atoms with Crippen LogP contribution in [0.3, 0.4) is 0 Å². The van der Waals surface area contributed by atoms with Crippen molar-refractivity contribution < 1.29 is 0 Å². The van der Waals surface area contributed by atoms with Crippen molar-refractivity contribution in [1.29, 1.82) is 0 Å². The van der Waals surface area contributed by atoms with Crippen molar-refractivity contribution >= 4 is 11.8 Å². The SMILES string of the molecule is Cc1ccc(CN)c(Sc2nnc3n2CCCCC3)n1. The molecule has 0 saturated heterocycles. The Bertz CT molecular complexity index is 608. The van der Waals surface area contributed by atoms with E-state index in [-0.39, 0.29) is 0 Å². The molecule has 0 amide bonds. The van der Waals surface area contributed by atoms with E-state index in [1.165, 1.54) is 19.3 Å². The van der Waals surface area contributed by atoms with E-state index in [9.17, 15) is 0 Å². The number of fused-ring (bicyclic) bond motifs is 1. The largest absolute Gasteiger partial charge is 0.326 e. The molecule has 3 heterocycles. The molecule has 2 aromatic heterocycles. The third kappa shape index (κ3) is 2.71. The van der Waals surface area contributed by atoms with Gasteiger partial charge in [-0.25, -0.2) is 4.98 Å². The molecule has 0 atom stereocenters. The fraction of sp³-hybridized carbons (Fsp3) is 0.500. The third-order valence-electron chi connectivity index (χ3n) is 3.56. The number of hydrogen-bond donors (Lipinski definition) is 1. The first-order chi connectivity index (χ1) is 9.78. The predicted octanol–water partition coefficient (Wildman–Crippen LogP) is 2.32. The zero-order valence-electron chi connectivity index (χ0n) is 11.7. The number of pyridine rings is 1. The molecule has 0 radical (unpaired) electrons. The lowest BCUT2D eigenvalue weighted by atomic mass is 10.2. The van der Waals surface area contributed by atoms with Gasteiger partial charge in [0.1, 0.15) is 10.9 Å². The molecule has 1 aliphatic heterocycles. The number of rotatable bonds is 3. The van der Waals surface area contributed by atoms with E-state index in [4.69, 9.17) is 5.73 Å². The summed E-state index contributed by atoms with van der Waals surface area (Å²) in [6.45, 7) is 3.50. The molecule has 0 aliphatic carbocycles. The van der Waals surface area contributed by atoms with Crippen molar-refractivity contribution in [3.05, 3.63) is 29.2 Å². The van der Waals surface area contributed by atoms with Crippen molar-refractivity contribution in [3.63, 3.8) is 0 Å². The van der Waals surface area contributed by atoms with Crippen LogP contribution in [-0.4, -0.2) is 19.7 Å². The second-order valence-corrected chi connectivity index (χ2v) is 6.04. The summed E-state index contributed by atoms with van der Waals surface area (Å²) < 4.78 is 2.24. The molecule has 0 saturated carbocycles. The molecule has 0 fully saturated rings. The van der Waals surface area contributed by atoms with E-state index in [0.717, 1.165) is 40.2 Å². The molecule has 0 bridgehead atoms. The minimum atomic E-state index is 0.497. The first-order valence-corrected chi connectivity index (χ1v) is 7.86. The van der Waals surface area contributed by atoms with Crippen LogP contribution in [0.4, 0.5) is 0 Å². The minimum Gasteiger partial charge on any atom is -0.326 e. The van der Waals surface area contributed by atoms with E-state index in [0.29, 0.717) is 6.54 Å². The second kappa shape index (κ2) is 5.93. The van der Waals surface area contributed by atoms with Gasteiger partial charge in [-0.05, 0) is 43.2 Å². The van der Waals surface area contributed by atoms with Crippen molar-refractivity contribution in [3.8, 4) is 0 Å². The molecule has 6 heteroatoms. The molecular weight excluding hydrogens is 270 g/mol. The summed E-state index contributed by atoms with van der Waals surface area (Å²) in [5.41, 5.74) is 7.86. The van der Waals surface area contributed by atoms with Gasteiger partial charge in [0.25, 0.3) is 0 Å². The summed E-state index contributed by atoms with van der Waals surface area (Å²) in [6.07, 6.45) is 4.70. The summed E-state index contributed by atoms with van der Waals surface area (Å²) in [5, 5.41) is 10.5. The Morgan fingerprint density at radius 2 is 2.15 bits per heavy atom. The van der Waals surface area contributed by atoms with Crippen LogP contribution in [0.1, 0.15) is 36.3 Å². The van der Waals surface area contributed by atoms with Gasteiger partial charge >= 0.3 is 0 Å². The molecule has 5 nitrogen and oxygen atoms in total. The van der Waals surface area contributed by atoms with Crippen molar-refractivity contribution in [2.24, 2.45) is 5.73 Å². The number of aryl methyl sites for hydroxylation is 2. The maximum absolute atomic E-state index is 5.80. The molecule has 2 aromatic rings. The van der Waals surface area contributed by atoms with Gasteiger partial charge in [0, 0.05) is 25.2 Å². The number of nitrogens with two attached hydrogens (primary N) is 1. The average molecular weight is 289 g/mol. The minimum absolute atomic E-state index is 0.497. The number of nitrogens with zero attached hydrogens (tertiary/aromatic N) is 4. The monoisotopic (exact) mass is 289 g/mol. The van der Waals surface area contributed by atoms with Gasteiger partial charge < -0.3 is 10.3 Å². The summed E-state index contributed by atoms with van der Waals surface area (Å²) in [7, 11) is 0. The Morgan fingerprint density at radius 1 is 1.25 bits per heavy atom. The second-order valence-electron chi connectivity index (χ2n) is 5.08. The van der Waals surface area contributed by atoms with E-state index >= 15 is 0 Å². The molecule has 0 spiro atoms. The van der Waals surface area contributed by atoms with Crippen LogP contribution in [0, 0.1) is 6.92 Å². The van der Waals surface area contributed by atoms with Gasteiger partial charge in [0.15, 0.2) is 5.16 Å². The van der Waals surface area contributed by atoms with Crippen LogP contribution in [0.5, 0.6) is 0 Å². The lowest BCUT2D eigenvalue weighted by Crippen LogP contribution is -2.04. The molecule has 20 heavy (non-hydrogen) atoms. The van der Waals surface area contributed by atoms with E-state index < -0.39 is 0 Å². The Balaban J connectivity index is 1.92. The van der Waals surface area contributed by atoms with E-state index in [1.807, 2.05) is 19.1 Å². The van der Waals surface area contributed by atoms with Gasteiger partial charge in [0.05, 0.1) is 0 Å². The summed E-state index contributed by atoms with van der Waals surface area (Å²) in [6, 6.07) is 4.04. The maximum Gasteiger partial charge on any atom is 0.197 e. The van der Waals surface area contributed by atoms with Crippen LogP contribution in [0.15, 0.2) is 22.3 Å². The fourth-order valence-electron chi connectivity index (χ4n) is 2.43. The average Bonchev–Trinajstić information content (AvgIpc) is 2.68. The Morgan fingerprint density at radius 3 is 3.00 bits per heavy atom. The smallest absolute Gasteiger partial charge is 0.197 e. The zero-order valence-corrected chi connectivity index (χ0v) is 12.5. The van der Waals surface area contributed by atoms with Gasteiger partial charge in [-0.3, -0.25) is 0 Å². The van der Waals surface area contributed by atoms with E-state index in [1.54, 1.807) is 11.8 Å². The standard InChI is InChI=1S/C14H19N5S/c1-10-6-7-11(9-15)13(16-10)20-14-18-17-12-5-3-2-4-8-19(12)14/h6-7H,2-5,8-9,15H2,1H3. The van der Waals surface area contributed by atoms with Crippen molar-refractivity contribution in [2.75, 3.05) is 0 Å². The number of aromatic nitrogens is 4. The Kier molecular flexibility index (Phi) is 4.03. The lowest BCUT2D eigenvalue weighted by molar-refractivity contribution is 0.590. The van der Waals surface area contributed by atoms with Gasteiger partial charge in [0.2, 0.25) is 0 Å². The Labute approximate surface area is 123 Å². The maximum atomic E-state index is 5.80. The molecule has 106 valence electrons. The quantitative estimate of drug-likeness (QED) is 0.939. The van der Waals surface area contributed by atoms with Crippen molar-refractivity contribution in [2.45, 2.75) is 55.9 Å². The molecule has 0 unspecified atom stereocenters. The summed E-state index contributed by atoms with van der Waals surface area (Å²) >= 11 is 1.58. The summed E-state index contributed by atoms with van der Waals surface area (Å²) in [5.74, 6) is 1.10. The number of hydrogen-bond acceptors (Lipinski definition) is 5. The van der Waals surface area contributed by atoms with Gasteiger partial charge in [-0.15, -0.1) is 10.2 Å². The van der Waals surface area contributed by atoms with Crippen LogP contribution in [0.2, 0.25) is 0 Å². The molecular formula is C14H19N5S. The highest BCUT2D eigenvalue weighted by Crippen LogP contribution is 2.29. The zero-order chi connectivity index (χ0) is 13.9. The first kappa shape index (κ1) is 13.6. The molecule has 0 aromatic carbocycles. The van der Waals surface area contributed by atoms with Crippen LogP contribution < -0.4 is 5.73 Å². The highest BCUT2D eigenvalue weighted by atomic mass is 32.2. The normalized spacial score (nSPS) is 14.9. The summed E-state index contributed by atoms with van der Waals surface area (Å²) in [4.78, 5) is 4.59. The van der Waals surface area contributed by atoms with Crippen LogP contribution in [-0.2, 0) is 19.5 Å². The van der Waals surface area contributed by atoms with E-state index in [2.05, 4.69) is 19.7 Å². The molecule has 1 aliphatic rings. The highest BCUT2D eigenvalue weighted by Gasteiger charge is 2.17. The lowest BCUT2D eigenvalue weighted by Gasteiger charge is -2.09. The first-order valence-electron chi connectivity index (χ1n) is 7.04. The third-order valence-corrected chi connectivity index (χ3v) is 4.59.